The zero-order valence-electron chi connectivity index (χ0n) is 12.8. The predicted octanol–water partition coefficient (Wildman–Crippen LogP) is 3.28. The molecule has 2 heteroatoms. The van der Waals surface area contributed by atoms with Crippen LogP contribution in [0.5, 0.6) is 0 Å². The Morgan fingerprint density at radius 2 is 2.11 bits per heavy atom. The lowest BCUT2D eigenvalue weighted by Crippen LogP contribution is -2.46. The quantitative estimate of drug-likeness (QED) is 0.748. The summed E-state index contributed by atoms with van der Waals surface area (Å²) in [6.45, 7) is 13.2. The summed E-state index contributed by atoms with van der Waals surface area (Å²) in [6.07, 6.45) is 7.10. The molecule has 0 aromatic heterocycles. The fraction of sp³-hybridized carbons (Fsp3) is 1.00. The van der Waals surface area contributed by atoms with Crippen LogP contribution in [-0.4, -0.2) is 36.6 Å². The van der Waals surface area contributed by atoms with Gasteiger partial charge in [-0.2, -0.15) is 0 Å². The lowest BCUT2D eigenvalue weighted by atomic mass is 9.84. The first-order chi connectivity index (χ1) is 8.52. The van der Waals surface area contributed by atoms with Crippen molar-refractivity contribution in [3.63, 3.8) is 0 Å². The molecular weight excluding hydrogens is 220 g/mol. The molecule has 0 radical (unpaired) electrons. The van der Waals surface area contributed by atoms with Crippen LogP contribution in [0.1, 0.15) is 59.8 Å². The maximum absolute atomic E-state index is 3.66. The molecule has 106 valence electrons. The van der Waals surface area contributed by atoms with E-state index in [1.54, 1.807) is 0 Å². The van der Waals surface area contributed by atoms with Gasteiger partial charge in [0.25, 0.3) is 0 Å². The molecule has 0 spiro atoms. The lowest BCUT2D eigenvalue weighted by molar-refractivity contribution is 0.119. The third-order valence-corrected chi connectivity index (χ3v) is 4.90. The number of nitrogens with one attached hydrogen (secondary N) is 1. The molecule has 1 saturated heterocycles. The summed E-state index contributed by atoms with van der Waals surface area (Å²) in [6, 6.07) is 1.53. The van der Waals surface area contributed by atoms with Crippen LogP contribution in [-0.2, 0) is 0 Å². The van der Waals surface area contributed by atoms with Gasteiger partial charge >= 0.3 is 0 Å². The molecule has 2 bridgehead atoms. The number of nitrogens with zero attached hydrogens (tertiary/aromatic N) is 1. The summed E-state index contributed by atoms with van der Waals surface area (Å²) in [7, 11) is 0. The molecule has 0 aromatic carbocycles. The Morgan fingerprint density at radius 3 is 2.61 bits per heavy atom. The molecule has 0 aromatic rings. The van der Waals surface area contributed by atoms with Crippen LogP contribution in [0.25, 0.3) is 0 Å². The number of likely N-dealkylation sites (tertiary alicyclic amines) is 1. The van der Waals surface area contributed by atoms with Gasteiger partial charge in [0.15, 0.2) is 0 Å². The highest BCUT2D eigenvalue weighted by Crippen LogP contribution is 2.39. The van der Waals surface area contributed by atoms with Crippen molar-refractivity contribution >= 4 is 0 Å². The Bertz CT molecular complexity index is 264. The van der Waals surface area contributed by atoms with E-state index < -0.39 is 0 Å². The van der Waals surface area contributed by atoms with Gasteiger partial charge in [0.2, 0.25) is 0 Å². The van der Waals surface area contributed by atoms with Crippen LogP contribution in [0, 0.1) is 11.3 Å². The van der Waals surface area contributed by atoms with Crippen molar-refractivity contribution in [2.24, 2.45) is 11.3 Å². The topological polar surface area (TPSA) is 15.3 Å². The van der Waals surface area contributed by atoms with Crippen LogP contribution >= 0.6 is 0 Å². The first kappa shape index (κ1) is 14.3. The van der Waals surface area contributed by atoms with Crippen molar-refractivity contribution in [3.8, 4) is 0 Å². The maximum atomic E-state index is 3.66. The third-order valence-electron chi connectivity index (χ3n) is 4.90. The smallest absolute Gasteiger partial charge is 0.00988 e. The normalized spacial score (nSPS) is 31.2. The van der Waals surface area contributed by atoms with Crippen molar-refractivity contribution in [2.45, 2.75) is 71.9 Å². The Hall–Kier alpha value is -0.0800. The fourth-order valence-electron chi connectivity index (χ4n) is 3.99. The molecule has 3 atom stereocenters. The van der Waals surface area contributed by atoms with Crippen molar-refractivity contribution < 1.29 is 0 Å². The highest BCUT2D eigenvalue weighted by molar-refractivity contribution is 4.95. The average molecular weight is 252 g/mol. The van der Waals surface area contributed by atoms with Gasteiger partial charge < -0.3 is 5.32 Å². The third kappa shape index (κ3) is 3.48. The fourth-order valence-corrected chi connectivity index (χ4v) is 3.99. The largest absolute Gasteiger partial charge is 0.314 e. The van der Waals surface area contributed by atoms with Crippen molar-refractivity contribution in [3.05, 3.63) is 0 Å². The second-order valence-electron chi connectivity index (χ2n) is 7.36. The van der Waals surface area contributed by atoms with Crippen molar-refractivity contribution in [1.82, 2.24) is 10.2 Å². The number of fused-ring (bicyclic) bond motifs is 2. The summed E-state index contributed by atoms with van der Waals surface area (Å²) in [5, 5.41) is 3.66. The molecule has 2 fully saturated rings. The number of hydrogen-bond donors (Lipinski definition) is 1. The van der Waals surface area contributed by atoms with E-state index in [1.165, 1.54) is 51.7 Å². The van der Waals surface area contributed by atoms with E-state index >= 15 is 0 Å². The lowest BCUT2D eigenvalue weighted by Gasteiger charge is -2.38. The minimum Gasteiger partial charge on any atom is -0.314 e. The number of piperidine rings is 1. The SMILES string of the molecule is CCCC(C)(CNC(C)C)CN1CC2CCC1C2. The number of rotatable bonds is 7. The van der Waals surface area contributed by atoms with Crippen LogP contribution < -0.4 is 5.32 Å². The van der Waals surface area contributed by atoms with Crippen LogP contribution in [0.3, 0.4) is 0 Å². The standard InChI is InChI=1S/C16H32N2/c1-5-8-16(4,11-17-13(2)3)12-18-10-14-6-7-15(18)9-14/h13-15,17H,5-12H2,1-4H3. The molecular formula is C16H32N2. The van der Waals surface area contributed by atoms with Crippen molar-refractivity contribution in [2.75, 3.05) is 19.6 Å². The summed E-state index contributed by atoms with van der Waals surface area (Å²) >= 11 is 0. The Morgan fingerprint density at radius 1 is 1.33 bits per heavy atom. The van der Waals surface area contributed by atoms with Gasteiger partial charge in [-0.1, -0.05) is 34.1 Å². The van der Waals surface area contributed by atoms with Crippen LogP contribution in [0.15, 0.2) is 0 Å². The second-order valence-corrected chi connectivity index (χ2v) is 7.36. The molecule has 1 heterocycles. The molecule has 1 aliphatic carbocycles. The van der Waals surface area contributed by atoms with E-state index in [0.29, 0.717) is 11.5 Å². The van der Waals surface area contributed by atoms with E-state index in [1.807, 2.05) is 0 Å². The molecule has 3 unspecified atom stereocenters. The molecule has 2 nitrogen and oxygen atoms in total. The zero-order chi connectivity index (χ0) is 13.2. The molecule has 1 saturated carbocycles. The van der Waals surface area contributed by atoms with Crippen LogP contribution in [0.2, 0.25) is 0 Å². The minimum atomic E-state index is 0.462. The summed E-state index contributed by atoms with van der Waals surface area (Å²) < 4.78 is 0. The molecule has 18 heavy (non-hydrogen) atoms. The van der Waals surface area contributed by atoms with Gasteiger partial charge in [-0.3, -0.25) is 4.90 Å². The second kappa shape index (κ2) is 5.92. The first-order valence-corrected chi connectivity index (χ1v) is 8.00. The minimum absolute atomic E-state index is 0.462. The van der Waals surface area contributed by atoms with Gasteiger partial charge in [-0.25, -0.2) is 0 Å². The molecule has 2 aliphatic rings. The highest BCUT2D eigenvalue weighted by atomic mass is 15.2. The summed E-state index contributed by atoms with van der Waals surface area (Å²) in [4.78, 5) is 2.80. The molecule has 2 rings (SSSR count). The summed E-state index contributed by atoms with van der Waals surface area (Å²) in [5.41, 5.74) is 0.462. The van der Waals surface area contributed by atoms with Gasteiger partial charge in [0.05, 0.1) is 0 Å². The Labute approximate surface area is 114 Å². The highest BCUT2D eigenvalue weighted by Gasteiger charge is 2.40. The first-order valence-electron chi connectivity index (χ1n) is 8.00. The van der Waals surface area contributed by atoms with Crippen molar-refractivity contribution in [1.29, 1.82) is 0 Å². The van der Waals surface area contributed by atoms with E-state index in [4.69, 9.17) is 0 Å². The average Bonchev–Trinajstić information content (AvgIpc) is 2.88. The monoisotopic (exact) mass is 252 g/mol. The zero-order valence-corrected chi connectivity index (χ0v) is 12.8. The summed E-state index contributed by atoms with van der Waals surface area (Å²) in [5.74, 6) is 1.03. The van der Waals surface area contributed by atoms with Gasteiger partial charge in [0, 0.05) is 31.7 Å². The molecule has 1 N–H and O–H groups in total. The van der Waals surface area contributed by atoms with Gasteiger partial charge in [-0.15, -0.1) is 0 Å². The van der Waals surface area contributed by atoms with E-state index in [-0.39, 0.29) is 0 Å². The van der Waals surface area contributed by atoms with E-state index in [0.717, 1.165) is 12.0 Å². The van der Waals surface area contributed by atoms with E-state index in [2.05, 4.69) is 37.9 Å². The molecule has 0 amide bonds. The van der Waals surface area contributed by atoms with Crippen LogP contribution in [0.4, 0.5) is 0 Å². The molecule has 1 aliphatic heterocycles. The van der Waals surface area contributed by atoms with Gasteiger partial charge in [0.1, 0.15) is 0 Å². The predicted molar refractivity (Wildman–Crippen MR) is 78.9 cm³/mol. The Balaban J connectivity index is 1.88. The number of hydrogen-bond acceptors (Lipinski definition) is 2. The van der Waals surface area contributed by atoms with Gasteiger partial charge in [-0.05, 0) is 37.0 Å². The Kier molecular flexibility index (Phi) is 4.71. The van der Waals surface area contributed by atoms with E-state index in [9.17, 15) is 0 Å². The maximum Gasteiger partial charge on any atom is 0.00988 e.